The molecule has 11 heteroatoms. The summed E-state index contributed by atoms with van der Waals surface area (Å²) >= 11 is 0. The normalized spacial score (nSPS) is 13.9. The van der Waals surface area contributed by atoms with E-state index in [0.717, 1.165) is 11.6 Å². The standard InChI is InChI=1S/C22H22F3N5O3/c1-2-33-20(31)17-12-16(13-26)19(28-18(17)22(23,24)25)29-8-10-30(11-9-29)21(32)27-14-15-6-4-3-5-7-15/h3-7,12H,2,8-11,14H2,1H3,(H,27,32). The van der Waals surface area contributed by atoms with Gasteiger partial charge < -0.3 is 19.9 Å². The van der Waals surface area contributed by atoms with E-state index in [4.69, 9.17) is 4.74 Å². The lowest BCUT2D eigenvalue weighted by Crippen LogP contribution is -2.52. The van der Waals surface area contributed by atoms with Crippen LogP contribution in [0, 0.1) is 11.3 Å². The fraction of sp³-hybridized carbons (Fsp3) is 0.364. The number of halogens is 3. The van der Waals surface area contributed by atoms with Gasteiger partial charge in [0, 0.05) is 32.7 Å². The highest BCUT2D eigenvalue weighted by Gasteiger charge is 2.39. The number of piperazine rings is 1. The number of carbonyl (C=O) groups is 2. The number of hydrogen-bond donors (Lipinski definition) is 1. The Balaban J connectivity index is 1.74. The molecule has 0 radical (unpaired) electrons. The first kappa shape index (κ1) is 23.8. The van der Waals surface area contributed by atoms with E-state index in [0.29, 0.717) is 6.54 Å². The van der Waals surface area contributed by atoms with Crippen molar-refractivity contribution in [3.05, 3.63) is 58.8 Å². The van der Waals surface area contributed by atoms with Gasteiger partial charge in [0.25, 0.3) is 0 Å². The third kappa shape index (κ3) is 5.71. The zero-order valence-corrected chi connectivity index (χ0v) is 17.9. The summed E-state index contributed by atoms with van der Waals surface area (Å²) in [6.07, 6.45) is -4.91. The maximum Gasteiger partial charge on any atom is 0.434 e. The first-order valence-corrected chi connectivity index (χ1v) is 10.3. The molecule has 33 heavy (non-hydrogen) atoms. The van der Waals surface area contributed by atoms with E-state index in [2.05, 4.69) is 10.3 Å². The summed E-state index contributed by atoms with van der Waals surface area (Å²) in [5.74, 6) is -1.37. The molecule has 1 aromatic carbocycles. The molecule has 0 aliphatic carbocycles. The zero-order valence-electron chi connectivity index (χ0n) is 17.9. The van der Waals surface area contributed by atoms with E-state index in [1.165, 1.54) is 11.8 Å². The summed E-state index contributed by atoms with van der Waals surface area (Å²) < 4.78 is 45.5. The van der Waals surface area contributed by atoms with Crippen LogP contribution in [-0.2, 0) is 17.5 Å². The minimum absolute atomic E-state index is 0.117. The molecule has 3 rings (SSSR count). The van der Waals surface area contributed by atoms with Crippen molar-refractivity contribution in [1.82, 2.24) is 15.2 Å². The molecule has 2 amide bonds. The molecule has 1 aliphatic rings. The highest BCUT2D eigenvalue weighted by molar-refractivity contribution is 5.92. The molecule has 2 heterocycles. The van der Waals surface area contributed by atoms with Crippen LogP contribution in [-0.4, -0.2) is 54.7 Å². The molecule has 0 saturated carbocycles. The maximum absolute atomic E-state index is 13.6. The number of aromatic nitrogens is 1. The third-order valence-corrected chi connectivity index (χ3v) is 5.04. The predicted molar refractivity (Wildman–Crippen MR) is 112 cm³/mol. The van der Waals surface area contributed by atoms with Crippen LogP contribution in [0.5, 0.6) is 0 Å². The third-order valence-electron chi connectivity index (χ3n) is 5.04. The number of amides is 2. The number of rotatable bonds is 5. The molecule has 1 saturated heterocycles. The first-order chi connectivity index (χ1) is 15.7. The Kier molecular flexibility index (Phi) is 7.37. The number of nitriles is 1. The van der Waals surface area contributed by atoms with Crippen LogP contribution in [0.4, 0.5) is 23.8 Å². The van der Waals surface area contributed by atoms with Gasteiger partial charge in [0.05, 0.1) is 17.7 Å². The second-order valence-electron chi connectivity index (χ2n) is 7.20. The Labute approximate surface area is 188 Å². The smallest absolute Gasteiger partial charge is 0.434 e. The molecular weight excluding hydrogens is 439 g/mol. The molecule has 1 fully saturated rings. The van der Waals surface area contributed by atoms with Crippen molar-refractivity contribution in [3.8, 4) is 6.07 Å². The number of nitrogens with one attached hydrogen (secondary N) is 1. The van der Waals surface area contributed by atoms with Gasteiger partial charge in [-0.25, -0.2) is 14.6 Å². The lowest BCUT2D eigenvalue weighted by molar-refractivity contribution is -0.141. The molecule has 0 atom stereocenters. The maximum atomic E-state index is 13.6. The molecule has 8 nitrogen and oxygen atoms in total. The highest BCUT2D eigenvalue weighted by atomic mass is 19.4. The Morgan fingerprint density at radius 2 is 1.85 bits per heavy atom. The number of anilines is 1. The number of esters is 1. The Morgan fingerprint density at radius 3 is 2.42 bits per heavy atom. The number of urea groups is 1. The monoisotopic (exact) mass is 461 g/mol. The van der Waals surface area contributed by atoms with E-state index in [-0.39, 0.29) is 50.2 Å². The molecule has 0 bridgehead atoms. The van der Waals surface area contributed by atoms with Crippen molar-refractivity contribution < 1.29 is 27.5 Å². The largest absolute Gasteiger partial charge is 0.462 e. The summed E-state index contributed by atoms with van der Waals surface area (Å²) in [5.41, 5.74) is -1.44. The lowest BCUT2D eigenvalue weighted by atomic mass is 10.1. The predicted octanol–water partition coefficient (Wildman–Crippen LogP) is 3.18. The number of nitrogens with zero attached hydrogens (tertiary/aromatic N) is 4. The first-order valence-electron chi connectivity index (χ1n) is 10.3. The quantitative estimate of drug-likeness (QED) is 0.687. The van der Waals surface area contributed by atoms with Crippen LogP contribution >= 0.6 is 0 Å². The molecule has 1 aliphatic heterocycles. The summed E-state index contributed by atoms with van der Waals surface area (Å²) in [7, 11) is 0. The fourth-order valence-electron chi connectivity index (χ4n) is 3.41. The number of benzene rings is 1. The molecule has 174 valence electrons. The van der Waals surface area contributed by atoms with Gasteiger partial charge in [-0.2, -0.15) is 18.4 Å². The number of alkyl halides is 3. The van der Waals surface area contributed by atoms with Gasteiger partial charge >= 0.3 is 18.2 Å². The van der Waals surface area contributed by atoms with Crippen molar-refractivity contribution in [2.75, 3.05) is 37.7 Å². The average molecular weight is 461 g/mol. The second-order valence-corrected chi connectivity index (χ2v) is 7.20. The second kappa shape index (κ2) is 10.2. The van der Waals surface area contributed by atoms with Crippen LogP contribution in [0.1, 0.15) is 34.1 Å². The van der Waals surface area contributed by atoms with Crippen LogP contribution < -0.4 is 10.2 Å². The molecule has 1 aromatic heterocycles. The van der Waals surface area contributed by atoms with Crippen molar-refractivity contribution in [1.29, 1.82) is 5.26 Å². The van der Waals surface area contributed by atoms with E-state index >= 15 is 0 Å². The summed E-state index contributed by atoms with van der Waals surface area (Å²) in [6.45, 7) is 2.52. The van der Waals surface area contributed by atoms with E-state index < -0.39 is 23.4 Å². The summed E-state index contributed by atoms with van der Waals surface area (Å²) in [5, 5.41) is 12.3. The Bertz CT molecular complexity index is 1050. The van der Waals surface area contributed by atoms with E-state index in [9.17, 15) is 28.0 Å². The van der Waals surface area contributed by atoms with Gasteiger partial charge in [0.2, 0.25) is 0 Å². The number of carbonyl (C=O) groups excluding carboxylic acids is 2. The van der Waals surface area contributed by atoms with Gasteiger partial charge in [0.15, 0.2) is 5.69 Å². The molecule has 0 spiro atoms. The molecule has 0 unspecified atom stereocenters. The molecule has 2 aromatic rings. The van der Waals surface area contributed by atoms with Crippen LogP contribution in [0.2, 0.25) is 0 Å². The lowest BCUT2D eigenvalue weighted by Gasteiger charge is -2.36. The molecule has 1 N–H and O–H groups in total. The van der Waals surface area contributed by atoms with Crippen molar-refractivity contribution in [2.24, 2.45) is 0 Å². The SMILES string of the molecule is CCOC(=O)c1cc(C#N)c(N2CCN(C(=O)NCc3ccccc3)CC2)nc1C(F)(F)F. The minimum Gasteiger partial charge on any atom is -0.462 e. The van der Waals surface area contributed by atoms with Crippen molar-refractivity contribution in [3.63, 3.8) is 0 Å². The van der Waals surface area contributed by atoms with Crippen LogP contribution in [0.15, 0.2) is 36.4 Å². The summed E-state index contributed by atoms with van der Waals surface area (Å²) in [6, 6.07) is 11.7. The van der Waals surface area contributed by atoms with Gasteiger partial charge in [-0.15, -0.1) is 0 Å². The number of pyridine rings is 1. The summed E-state index contributed by atoms with van der Waals surface area (Å²) in [4.78, 5) is 31.1. The van der Waals surface area contributed by atoms with Crippen molar-refractivity contribution >= 4 is 17.8 Å². The van der Waals surface area contributed by atoms with Crippen molar-refractivity contribution in [2.45, 2.75) is 19.6 Å². The van der Waals surface area contributed by atoms with Gasteiger partial charge in [0.1, 0.15) is 11.9 Å². The van der Waals surface area contributed by atoms with E-state index in [1.54, 1.807) is 4.90 Å². The topological polar surface area (TPSA) is 98.6 Å². The van der Waals surface area contributed by atoms with Gasteiger partial charge in [-0.05, 0) is 18.6 Å². The highest BCUT2D eigenvalue weighted by Crippen LogP contribution is 2.34. The van der Waals surface area contributed by atoms with Gasteiger partial charge in [-0.3, -0.25) is 0 Å². The minimum atomic E-state index is -4.91. The van der Waals surface area contributed by atoms with Crippen LogP contribution in [0.25, 0.3) is 0 Å². The number of ether oxygens (including phenoxy) is 1. The Morgan fingerprint density at radius 1 is 1.18 bits per heavy atom. The zero-order chi connectivity index (χ0) is 24.0. The van der Waals surface area contributed by atoms with E-state index in [1.807, 2.05) is 36.4 Å². The molecular formula is C22H22F3N5O3. The number of hydrogen-bond acceptors (Lipinski definition) is 6. The average Bonchev–Trinajstić information content (AvgIpc) is 2.82. The fourth-order valence-corrected chi connectivity index (χ4v) is 3.41. The van der Waals surface area contributed by atoms with Gasteiger partial charge in [-0.1, -0.05) is 30.3 Å². The Hall–Kier alpha value is -3.81. The van der Waals surface area contributed by atoms with Crippen LogP contribution in [0.3, 0.4) is 0 Å².